The van der Waals surface area contributed by atoms with Gasteiger partial charge >= 0.3 is 0 Å². The highest BCUT2D eigenvalue weighted by Crippen LogP contribution is 2.60. The van der Waals surface area contributed by atoms with E-state index in [1.165, 1.54) is 24.3 Å². The average Bonchev–Trinajstić information content (AvgIpc) is 3.59. The fourth-order valence-corrected chi connectivity index (χ4v) is 10.0. The van der Waals surface area contributed by atoms with Gasteiger partial charge in [0.2, 0.25) is 24.4 Å². The molecule has 5 aromatic rings. The quantitative estimate of drug-likeness (QED) is 0.191. The molecule has 2 aliphatic heterocycles. The number of carbonyl (C=O) groups excluding carboxylic acids is 4. The van der Waals surface area contributed by atoms with Crippen LogP contribution in [0.15, 0.2) is 133 Å². The summed E-state index contributed by atoms with van der Waals surface area (Å²) in [7, 11) is 0. The normalized spacial score (nSPS) is 23.9. The summed E-state index contributed by atoms with van der Waals surface area (Å²) in [5, 5.41) is 0. The third-order valence-electron chi connectivity index (χ3n) is 12.5. The highest BCUT2D eigenvalue weighted by Gasteiger charge is 2.68. The number of rotatable bonds is 11. The van der Waals surface area contributed by atoms with Crippen molar-refractivity contribution in [3.05, 3.63) is 185 Å². The summed E-state index contributed by atoms with van der Waals surface area (Å²) in [5.74, 6) is -1.62. The van der Waals surface area contributed by atoms with Crippen molar-refractivity contribution in [2.45, 2.75) is 37.0 Å². The number of benzene rings is 5. The average molecular weight is 744 g/mol. The molecule has 4 aliphatic carbocycles. The van der Waals surface area contributed by atoms with Gasteiger partial charge in [0.25, 0.3) is 0 Å². The molecule has 0 aromatic heterocycles. The molecular formula is C46H38FN5O4. The van der Waals surface area contributed by atoms with Crippen molar-refractivity contribution < 1.29 is 23.6 Å². The molecule has 6 aliphatic rings. The maximum absolute atomic E-state index is 15.0. The third kappa shape index (κ3) is 4.85. The smallest absolute Gasteiger partial charge is 0.248 e. The summed E-state index contributed by atoms with van der Waals surface area (Å²) in [5.41, 5.74) is 10.5. The van der Waals surface area contributed by atoms with Crippen LogP contribution in [0.3, 0.4) is 0 Å². The molecule has 2 fully saturated rings. The van der Waals surface area contributed by atoms with Gasteiger partial charge in [0.15, 0.2) is 11.3 Å². The van der Waals surface area contributed by atoms with Crippen LogP contribution in [-0.2, 0) is 43.3 Å². The number of carbonyl (C=O) groups is 2. The molecular weight excluding hydrogens is 706 g/mol. The number of primary amides is 2. The molecule has 9 nitrogen and oxygen atoms in total. The predicted octanol–water partition coefficient (Wildman–Crippen LogP) is 5.19. The number of anilines is 1. The summed E-state index contributed by atoms with van der Waals surface area (Å²) in [6, 6.07) is 40.0. The van der Waals surface area contributed by atoms with Crippen molar-refractivity contribution in [3.63, 3.8) is 0 Å². The Morgan fingerprint density at radius 1 is 0.589 bits per heavy atom. The molecule has 4 atom stereocenters. The van der Waals surface area contributed by atoms with Gasteiger partial charge in [-0.3, -0.25) is 29.0 Å². The second-order valence-electron chi connectivity index (χ2n) is 15.2. The molecule has 278 valence electrons. The fourth-order valence-electron chi connectivity index (χ4n) is 10.0. The minimum Gasteiger partial charge on any atom is -0.369 e. The summed E-state index contributed by atoms with van der Waals surface area (Å²) < 4.78 is 15.0. The van der Waals surface area contributed by atoms with E-state index in [-0.39, 0.29) is 31.6 Å². The first-order valence-electron chi connectivity index (χ1n) is 18.7. The van der Waals surface area contributed by atoms with Gasteiger partial charge < -0.3 is 16.4 Å². The van der Waals surface area contributed by atoms with Crippen LogP contribution in [-0.4, -0.2) is 47.3 Å². The van der Waals surface area contributed by atoms with E-state index in [9.17, 15) is 19.2 Å². The molecule has 10 heteroatoms. The van der Waals surface area contributed by atoms with Crippen LogP contribution < -0.4 is 16.4 Å². The largest absolute Gasteiger partial charge is 0.369 e. The minimum absolute atomic E-state index is 0.158. The van der Waals surface area contributed by atoms with Gasteiger partial charge in [-0.25, -0.2) is 4.39 Å². The predicted molar refractivity (Wildman–Crippen MR) is 207 cm³/mol. The Morgan fingerprint density at radius 2 is 0.982 bits per heavy atom. The van der Waals surface area contributed by atoms with Crippen molar-refractivity contribution in [1.82, 2.24) is 9.80 Å². The second-order valence-corrected chi connectivity index (χ2v) is 15.2. The van der Waals surface area contributed by atoms with Crippen LogP contribution in [0.1, 0.15) is 46.2 Å². The topological polar surface area (TPSA) is 130 Å². The zero-order valence-electron chi connectivity index (χ0n) is 30.5. The van der Waals surface area contributed by atoms with Crippen molar-refractivity contribution in [2.75, 3.05) is 18.0 Å². The molecule has 56 heavy (non-hydrogen) atoms. The van der Waals surface area contributed by atoms with Gasteiger partial charge in [0.1, 0.15) is 5.82 Å². The molecule has 4 N–H and O–H groups in total. The summed E-state index contributed by atoms with van der Waals surface area (Å²) in [4.78, 5) is 62.8. The number of nitrogens with two attached hydrogens (primary N) is 2. The minimum atomic E-state index is -2.06. The van der Waals surface area contributed by atoms with E-state index < -0.39 is 39.8 Å². The Morgan fingerprint density at radius 3 is 1.34 bits per heavy atom. The number of fused-ring (bicyclic) bond motifs is 4. The summed E-state index contributed by atoms with van der Waals surface area (Å²) >= 11 is 0. The molecule has 0 spiro atoms. The molecule has 4 bridgehead atoms. The van der Waals surface area contributed by atoms with Gasteiger partial charge in [-0.1, -0.05) is 109 Å². The zero-order chi connectivity index (χ0) is 38.9. The van der Waals surface area contributed by atoms with Crippen molar-refractivity contribution in [3.8, 4) is 0 Å². The number of hydrogen-bond acceptors (Lipinski definition) is 7. The van der Waals surface area contributed by atoms with Crippen molar-refractivity contribution >= 4 is 30.1 Å². The Bertz CT molecular complexity index is 2180. The van der Waals surface area contributed by atoms with E-state index in [4.69, 9.17) is 11.5 Å². The summed E-state index contributed by atoms with van der Waals surface area (Å²) in [6.07, 6.45) is 6.05. The number of nitrogens with zero attached hydrogens (tertiary/aromatic N) is 3. The molecule has 5 aromatic carbocycles. The Balaban J connectivity index is 1.40. The fraction of sp³-hybridized carbons (Fsp3) is 0.217. The van der Waals surface area contributed by atoms with E-state index in [0.717, 1.165) is 11.1 Å². The number of likely N-dealkylation sites (tertiary alicyclic amines) is 2. The van der Waals surface area contributed by atoms with E-state index in [0.29, 0.717) is 47.2 Å². The lowest BCUT2D eigenvalue weighted by atomic mass is 9.73. The molecule has 0 saturated carbocycles. The lowest BCUT2D eigenvalue weighted by Crippen LogP contribution is -2.72. The Kier molecular flexibility index (Phi) is 8.33. The Hall–Kier alpha value is -5.97. The zero-order valence-corrected chi connectivity index (χ0v) is 30.5. The molecule has 4 radical (unpaired) electrons. The van der Waals surface area contributed by atoms with Gasteiger partial charge in [-0.15, -0.1) is 0 Å². The number of amides is 2. The first-order chi connectivity index (χ1) is 27.1. The van der Waals surface area contributed by atoms with Crippen LogP contribution in [0.4, 0.5) is 10.1 Å². The maximum atomic E-state index is 15.0. The van der Waals surface area contributed by atoms with Gasteiger partial charge in [-0.05, 0) is 72.2 Å². The molecule has 2 saturated heterocycles. The lowest BCUT2D eigenvalue weighted by molar-refractivity contribution is -0.127. The molecule has 2 heterocycles. The SMILES string of the molecule is NC(=O)C12CCN(C([C]=O)(c3ccccc3)N(c3ccc(F)cc3)[C@@]([C]=O)(c3ccccc3)N3CCC4(C(N)=O)Cc5ccc(cc5)[C]34)[C]1c1ccc(cc1)C2. The van der Waals surface area contributed by atoms with Crippen molar-refractivity contribution in [2.24, 2.45) is 22.3 Å². The van der Waals surface area contributed by atoms with Crippen molar-refractivity contribution in [1.29, 1.82) is 0 Å². The second kappa shape index (κ2) is 13.1. The highest BCUT2D eigenvalue weighted by atomic mass is 19.1. The van der Waals surface area contributed by atoms with Crippen LogP contribution in [0, 0.1) is 28.7 Å². The van der Waals surface area contributed by atoms with Gasteiger partial charge in [0, 0.05) is 29.9 Å². The monoisotopic (exact) mass is 743 g/mol. The third-order valence-corrected chi connectivity index (χ3v) is 12.5. The van der Waals surface area contributed by atoms with Crippen LogP contribution in [0.5, 0.6) is 0 Å². The molecule has 2 amide bonds. The highest BCUT2D eigenvalue weighted by molar-refractivity contribution is 5.90. The van der Waals surface area contributed by atoms with Gasteiger partial charge in [-0.2, -0.15) is 0 Å². The van der Waals surface area contributed by atoms with Gasteiger partial charge in [0.05, 0.1) is 22.9 Å². The first-order valence-corrected chi connectivity index (χ1v) is 18.7. The summed E-state index contributed by atoms with van der Waals surface area (Å²) in [6.45, 7) is 0.316. The Labute approximate surface area is 324 Å². The first kappa shape index (κ1) is 35.7. The standard InChI is InChI=1S/C46H38FN5O4/c47-37-19-21-38(22-20-37)52(45(29-53,35-7-3-1-4-8-35)50-25-23-43(41(48)55)27-31-11-15-33(16-12-31)39(43)50)46(30-54,36-9-5-2-6-10-36)51-26-24-44(42(49)56)28-32-13-17-34(18-14-32)40(44)51/h1-22H,23-28H2,(H2,48,55)(H2,49,56)/t43?,44?,45-,46?/m0/s1. The molecule has 11 rings (SSSR count). The van der Waals surface area contributed by atoms with E-state index in [1.807, 2.05) is 70.5 Å². The molecule has 3 unspecified atom stereocenters. The lowest BCUT2D eigenvalue weighted by Gasteiger charge is -2.58. The van der Waals surface area contributed by atoms with Crippen LogP contribution >= 0.6 is 0 Å². The van der Waals surface area contributed by atoms with E-state index in [1.54, 1.807) is 53.4 Å². The van der Waals surface area contributed by atoms with E-state index in [2.05, 4.69) is 12.6 Å². The van der Waals surface area contributed by atoms with Crippen LogP contribution in [0.2, 0.25) is 0 Å². The van der Waals surface area contributed by atoms with Crippen LogP contribution in [0.25, 0.3) is 0 Å². The maximum Gasteiger partial charge on any atom is 0.248 e. The number of hydrogen-bond donors (Lipinski definition) is 2. The number of halogens is 1. The van der Waals surface area contributed by atoms with E-state index >= 15 is 4.39 Å².